The lowest BCUT2D eigenvalue weighted by molar-refractivity contribution is 0.0999. The van der Waals surface area contributed by atoms with Crippen LogP contribution in [0.5, 0.6) is 5.75 Å². The number of fused-ring (bicyclic) bond motifs is 2. The van der Waals surface area contributed by atoms with Gasteiger partial charge in [-0.15, -0.1) is 0 Å². The van der Waals surface area contributed by atoms with Gasteiger partial charge >= 0.3 is 0 Å². The van der Waals surface area contributed by atoms with Crippen molar-refractivity contribution >= 4 is 33.1 Å². The fourth-order valence-corrected chi connectivity index (χ4v) is 3.05. The molecule has 0 radical (unpaired) electrons. The Morgan fingerprint density at radius 2 is 1.90 bits per heavy atom. The van der Waals surface area contributed by atoms with Crippen LogP contribution in [0.1, 0.15) is 10.4 Å². The Morgan fingerprint density at radius 3 is 2.70 bits per heavy atom. The monoisotopic (exact) mass is 263 g/mol. The van der Waals surface area contributed by atoms with Crippen molar-refractivity contribution < 1.29 is 9.53 Å². The van der Waals surface area contributed by atoms with Crippen molar-refractivity contribution in [1.29, 1.82) is 0 Å². The predicted molar refractivity (Wildman–Crippen MR) is 80.7 cm³/mol. The number of anilines is 1. The number of carbonyl (C=O) groups is 1. The number of ether oxygens (including phenoxy) is 1. The minimum atomic E-state index is 0.0564. The van der Waals surface area contributed by atoms with E-state index in [-0.39, 0.29) is 5.91 Å². The normalized spacial score (nSPS) is 13.5. The first-order chi connectivity index (χ1) is 9.70. The van der Waals surface area contributed by atoms with E-state index in [1.165, 1.54) is 0 Å². The summed E-state index contributed by atoms with van der Waals surface area (Å²) in [6.45, 7) is 0. The number of carbonyl (C=O) groups excluding carboxylic acids is 1. The molecule has 0 spiro atoms. The summed E-state index contributed by atoms with van der Waals surface area (Å²) in [5, 5.41) is 4.36. The van der Waals surface area contributed by atoms with Gasteiger partial charge in [-0.25, -0.2) is 0 Å². The van der Waals surface area contributed by atoms with Gasteiger partial charge in [0, 0.05) is 12.4 Å². The summed E-state index contributed by atoms with van der Waals surface area (Å²) in [5.41, 5.74) is 1.76. The highest BCUT2D eigenvalue weighted by Gasteiger charge is 2.27. The van der Waals surface area contributed by atoms with Gasteiger partial charge in [-0.05, 0) is 40.4 Å². The van der Waals surface area contributed by atoms with Crippen LogP contribution >= 0.6 is 0 Å². The molecule has 3 heteroatoms. The van der Waals surface area contributed by atoms with Gasteiger partial charge < -0.3 is 9.64 Å². The topological polar surface area (TPSA) is 29.5 Å². The first kappa shape index (κ1) is 11.3. The van der Waals surface area contributed by atoms with E-state index < -0.39 is 0 Å². The molecule has 1 aliphatic heterocycles. The van der Waals surface area contributed by atoms with Crippen LogP contribution in [0.3, 0.4) is 0 Å². The number of amides is 1. The SMILES string of the molecule is COc1ccc2c(c1)cc1c3c(cccc32)N(C)C1=O. The van der Waals surface area contributed by atoms with Crippen molar-refractivity contribution in [2.45, 2.75) is 0 Å². The summed E-state index contributed by atoms with van der Waals surface area (Å²) >= 11 is 0. The van der Waals surface area contributed by atoms with Gasteiger partial charge in [0.05, 0.1) is 18.4 Å². The van der Waals surface area contributed by atoms with Crippen molar-refractivity contribution in [2.75, 3.05) is 19.1 Å². The maximum Gasteiger partial charge on any atom is 0.258 e. The lowest BCUT2D eigenvalue weighted by Gasteiger charge is -2.09. The second-order valence-electron chi connectivity index (χ2n) is 5.08. The highest BCUT2D eigenvalue weighted by molar-refractivity contribution is 6.29. The number of benzene rings is 3. The molecule has 1 amide bonds. The Morgan fingerprint density at radius 1 is 1.05 bits per heavy atom. The van der Waals surface area contributed by atoms with Gasteiger partial charge in [-0.2, -0.15) is 0 Å². The smallest absolute Gasteiger partial charge is 0.258 e. The molecule has 3 nitrogen and oxygen atoms in total. The molecular formula is C17H13NO2. The summed E-state index contributed by atoms with van der Waals surface area (Å²) in [6.07, 6.45) is 0. The van der Waals surface area contributed by atoms with Gasteiger partial charge in [0.15, 0.2) is 0 Å². The Bertz CT molecular complexity index is 883. The molecule has 1 heterocycles. The predicted octanol–water partition coefficient (Wildman–Crippen LogP) is 3.59. The van der Waals surface area contributed by atoms with Crippen LogP contribution in [-0.2, 0) is 0 Å². The zero-order chi connectivity index (χ0) is 13.9. The van der Waals surface area contributed by atoms with Crippen molar-refractivity contribution in [3.8, 4) is 5.75 Å². The number of methoxy groups -OCH3 is 1. The van der Waals surface area contributed by atoms with Crippen LogP contribution in [-0.4, -0.2) is 20.1 Å². The average Bonchev–Trinajstić information content (AvgIpc) is 2.73. The summed E-state index contributed by atoms with van der Waals surface area (Å²) in [6, 6.07) is 14.0. The fraction of sp³-hybridized carbons (Fsp3) is 0.118. The number of rotatable bonds is 1. The molecule has 0 aliphatic carbocycles. The summed E-state index contributed by atoms with van der Waals surface area (Å²) < 4.78 is 5.27. The summed E-state index contributed by atoms with van der Waals surface area (Å²) in [4.78, 5) is 14.1. The van der Waals surface area contributed by atoms with Crippen LogP contribution in [0.2, 0.25) is 0 Å². The molecule has 0 atom stereocenters. The van der Waals surface area contributed by atoms with E-state index >= 15 is 0 Å². The van der Waals surface area contributed by atoms with Gasteiger partial charge in [0.2, 0.25) is 0 Å². The highest BCUT2D eigenvalue weighted by Crippen LogP contribution is 2.40. The molecular weight excluding hydrogens is 250 g/mol. The van der Waals surface area contributed by atoms with Gasteiger partial charge in [0.1, 0.15) is 5.75 Å². The van der Waals surface area contributed by atoms with Crippen LogP contribution in [0.25, 0.3) is 21.5 Å². The highest BCUT2D eigenvalue weighted by atomic mass is 16.5. The minimum absolute atomic E-state index is 0.0564. The summed E-state index contributed by atoms with van der Waals surface area (Å²) in [5.74, 6) is 0.861. The standard InChI is InChI=1S/C17H13NO2/c1-18-15-5-3-4-13-12-7-6-11(20-2)8-10(12)9-14(16(13)15)17(18)19/h3-9H,1-2H3. The molecule has 1 aliphatic rings. The molecule has 98 valence electrons. The first-order valence-electron chi connectivity index (χ1n) is 6.52. The number of nitrogens with zero attached hydrogens (tertiary/aromatic N) is 1. The van der Waals surface area contributed by atoms with Crippen molar-refractivity contribution in [1.82, 2.24) is 0 Å². The Hall–Kier alpha value is -2.55. The van der Waals surface area contributed by atoms with E-state index in [1.807, 2.05) is 37.4 Å². The maximum atomic E-state index is 12.4. The second kappa shape index (κ2) is 3.73. The third-order valence-electron chi connectivity index (χ3n) is 4.06. The second-order valence-corrected chi connectivity index (χ2v) is 5.08. The zero-order valence-corrected chi connectivity index (χ0v) is 11.3. The van der Waals surface area contributed by atoms with Crippen LogP contribution in [0, 0.1) is 0 Å². The van der Waals surface area contributed by atoms with Crippen LogP contribution in [0.4, 0.5) is 5.69 Å². The quantitative estimate of drug-likeness (QED) is 0.628. The Labute approximate surface area is 116 Å². The van der Waals surface area contributed by atoms with E-state index in [0.717, 1.165) is 38.5 Å². The zero-order valence-electron chi connectivity index (χ0n) is 11.3. The average molecular weight is 263 g/mol. The molecule has 0 aromatic heterocycles. The minimum Gasteiger partial charge on any atom is -0.497 e. The van der Waals surface area contributed by atoms with E-state index in [9.17, 15) is 4.79 Å². The fourth-order valence-electron chi connectivity index (χ4n) is 3.05. The third-order valence-corrected chi connectivity index (χ3v) is 4.06. The molecule has 0 fully saturated rings. The molecule has 20 heavy (non-hydrogen) atoms. The Balaban J connectivity index is 2.22. The van der Waals surface area contributed by atoms with E-state index in [1.54, 1.807) is 12.0 Å². The summed E-state index contributed by atoms with van der Waals surface area (Å²) in [7, 11) is 3.47. The molecule has 3 aromatic rings. The van der Waals surface area contributed by atoms with E-state index in [2.05, 4.69) is 12.1 Å². The largest absolute Gasteiger partial charge is 0.497 e. The molecule has 0 saturated heterocycles. The van der Waals surface area contributed by atoms with Crippen molar-refractivity contribution in [2.24, 2.45) is 0 Å². The van der Waals surface area contributed by atoms with Crippen LogP contribution in [0.15, 0.2) is 42.5 Å². The number of hydrogen-bond acceptors (Lipinski definition) is 2. The van der Waals surface area contributed by atoms with Gasteiger partial charge in [0.25, 0.3) is 5.91 Å². The first-order valence-corrected chi connectivity index (χ1v) is 6.52. The van der Waals surface area contributed by atoms with Gasteiger partial charge in [-0.3, -0.25) is 4.79 Å². The van der Waals surface area contributed by atoms with Crippen molar-refractivity contribution in [3.63, 3.8) is 0 Å². The van der Waals surface area contributed by atoms with E-state index in [4.69, 9.17) is 4.74 Å². The van der Waals surface area contributed by atoms with E-state index in [0.29, 0.717) is 0 Å². The van der Waals surface area contributed by atoms with Crippen molar-refractivity contribution in [3.05, 3.63) is 48.0 Å². The van der Waals surface area contributed by atoms with Crippen LogP contribution < -0.4 is 9.64 Å². The van der Waals surface area contributed by atoms with Gasteiger partial charge in [-0.1, -0.05) is 18.2 Å². The maximum absolute atomic E-state index is 12.4. The molecule has 0 N–H and O–H groups in total. The lowest BCUT2D eigenvalue weighted by Crippen LogP contribution is -2.20. The molecule has 0 saturated carbocycles. The molecule has 3 aromatic carbocycles. The molecule has 0 bridgehead atoms. The third kappa shape index (κ3) is 1.27. The Kier molecular flexibility index (Phi) is 2.11. The molecule has 4 rings (SSSR count). The lowest BCUT2D eigenvalue weighted by atomic mass is 9.98. The number of hydrogen-bond donors (Lipinski definition) is 0. The molecule has 0 unspecified atom stereocenters.